The molecule has 1 amide bonds. The number of carbonyl (C=O) groups is 1. The molecule has 6 rings (SSSR count). The Bertz CT molecular complexity index is 926. The van der Waals surface area contributed by atoms with Gasteiger partial charge in [0, 0.05) is 6.54 Å². The van der Waals surface area contributed by atoms with E-state index >= 15 is 0 Å². The van der Waals surface area contributed by atoms with Gasteiger partial charge in [0.25, 0.3) is 5.91 Å². The van der Waals surface area contributed by atoms with Crippen molar-refractivity contribution in [3.63, 3.8) is 0 Å². The molecule has 1 heterocycles. The van der Waals surface area contributed by atoms with Crippen LogP contribution in [0.3, 0.4) is 0 Å². The summed E-state index contributed by atoms with van der Waals surface area (Å²) in [4.78, 5) is 13.0. The fourth-order valence-corrected chi connectivity index (χ4v) is 6.61. The molecule has 4 fully saturated rings. The summed E-state index contributed by atoms with van der Waals surface area (Å²) in [6, 6.07) is 6.13. The summed E-state index contributed by atoms with van der Waals surface area (Å²) < 4.78 is 11.4. The second-order valence-electron chi connectivity index (χ2n) is 10.2. The number of rotatable bonds is 6. The van der Waals surface area contributed by atoms with E-state index in [0.717, 1.165) is 46.7 Å². The molecule has 4 saturated carbocycles. The molecule has 4 bridgehead atoms. The van der Waals surface area contributed by atoms with Crippen LogP contribution in [0.5, 0.6) is 5.75 Å². The summed E-state index contributed by atoms with van der Waals surface area (Å²) in [6.07, 6.45) is 8.07. The molecule has 5 heteroatoms. The fraction of sp³-hybridized carbons (Fsp3) is 0.600. The number of nitrogens with zero attached hydrogens (tertiary/aromatic N) is 1. The van der Waals surface area contributed by atoms with Crippen molar-refractivity contribution in [3.8, 4) is 5.75 Å². The number of ether oxygens (including phenoxy) is 1. The van der Waals surface area contributed by atoms with E-state index in [4.69, 9.17) is 9.26 Å². The zero-order chi connectivity index (χ0) is 20.9. The highest BCUT2D eigenvalue weighted by molar-refractivity contribution is 5.93. The van der Waals surface area contributed by atoms with Gasteiger partial charge in [-0.05, 0) is 99.7 Å². The van der Waals surface area contributed by atoms with E-state index in [-0.39, 0.29) is 12.5 Å². The Morgan fingerprint density at radius 3 is 2.47 bits per heavy atom. The lowest BCUT2D eigenvalue weighted by Gasteiger charge is -2.56. The molecule has 5 nitrogen and oxygen atoms in total. The summed E-state index contributed by atoms with van der Waals surface area (Å²) in [7, 11) is 0. The Morgan fingerprint density at radius 1 is 1.13 bits per heavy atom. The Balaban J connectivity index is 1.26. The molecule has 4 aliphatic rings. The summed E-state index contributed by atoms with van der Waals surface area (Å²) >= 11 is 0. The van der Waals surface area contributed by atoms with E-state index in [1.54, 1.807) is 0 Å². The zero-order valence-electron chi connectivity index (χ0n) is 18.3. The van der Waals surface area contributed by atoms with Gasteiger partial charge in [-0.15, -0.1) is 0 Å². The van der Waals surface area contributed by atoms with Crippen LogP contribution in [0.15, 0.2) is 22.7 Å². The van der Waals surface area contributed by atoms with Gasteiger partial charge >= 0.3 is 0 Å². The Kier molecular flexibility index (Phi) is 4.87. The minimum atomic E-state index is -0.137. The first-order valence-electron chi connectivity index (χ1n) is 11.3. The number of aryl methyl sites for hydroxylation is 3. The Hall–Kier alpha value is -2.30. The van der Waals surface area contributed by atoms with Crippen molar-refractivity contribution >= 4 is 5.91 Å². The first-order valence-corrected chi connectivity index (χ1v) is 11.3. The van der Waals surface area contributed by atoms with Gasteiger partial charge in [-0.1, -0.05) is 17.3 Å². The van der Waals surface area contributed by atoms with Crippen molar-refractivity contribution in [1.29, 1.82) is 0 Å². The van der Waals surface area contributed by atoms with Gasteiger partial charge < -0.3 is 14.6 Å². The van der Waals surface area contributed by atoms with E-state index in [1.807, 2.05) is 32.9 Å². The normalized spacial score (nSPS) is 29.2. The molecule has 0 radical (unpaired) electrons. The van der Waals surface area contributed by atoms with Gasteiger partial charge in [0.05, 0.1) is 5.56 Å². The monoisotopic (exact) mass is 408 g/mol. The van der Waals surface area contributed by atoms with Crippen LogP contribution >= 0.6 is 0 Å². The number of hydrogen-bond acceptors (Lipinski definition) is 4. The highest BCUT2D eigenvalue weighted by Gasteiger charge is 2.50. The predicted molar refractivity (Wildman–Crippen MR) is 114 cm³/mol. The molecule has 0 saturated heterocycles. The third-order valence-corrected chi connectivity index (χ3v) is 7.70. The minimum absolute atomic E-state index is 0.137. The van der Waals surface area contributed by atoms with Crippen molar-refractivity contribution in [3.05, 3.63) is 46.3 Å². The first-order chi connectivity index (χ1) is 14.4. The molecule has 0 unspecified atom stereocenters. The van der Waals surface area contributed by atoms with Crippen LogP contribution in [-0.2, 0) is 6.61 Å². The molecule has 160 valence electrons. The molecule has 2 aromatic rings. The van der Waals surface area contributed by atoms with Gasteiger partial charge in [-0.2, -0.15) is 0 Å². The molecule has 0 atom stereocenters. The quantitative estimate of drug-likeness (QED) is 0.720. The van der Waals surface area contributed by atoms with Gasteiger partial charge in [-0.25, -0.2) is 0 Å². The molecule has 30 heavy (non-hydrogen) atoms. The zero-order valence-corrected chi connectivity index (χ0v) is 18.3. The van der Waals surface area contributed by atoms with Crippen molar-refractivity contribution in [2.24, 2.45) is 23.2 Å². The van der Waals surface area contributed by atoms with E-state index < -0.39 is 0 Å². The largest absolute Gasteiger partial charge is 0.488 e. The van der Waals surface area contributed by atoms with Gasteiger partial charge in [0.1, 0.15) is 18.1 Å². The summed E-state index contributed by atoms with van der Waals surface area (Å²) in [6.45, 7) is 6.94. The lowest BCUT2D eigenvalue weighted by atomic mass is 9.49. The van der Waals surface area contributed by atoms with Crippen molar-refractivity contribution in [2.75, 3.05) is 6.54 Å². The van der Waals surface area contributed by atoms with E-state index in [2.05, 4.69) is 16.5 Å². The van der Waals surface area contributed by atoms with Crippen molar-refractivity contribution in [2.45, 2.75) is 65.9 Å². The van der Waals surface area contributed by atoms with E-state index in [1.165, 1.54) is 38.5 Å². The van der Waals surface area contributed by atoms with Crippen LogP contribution < -0.4 is 10.1 Å². The van der Waals surface area contributed by atoms with Crippen LogP contribution in [0.4, 0.5) is 0 Å². The SMILES string of the molecule is Cc1ccc(C)c(OCc2c(C(=O)NCC34CC5CC(CC(C5)C3)C4)noc2C)c1. The third kappa shape index (κ3) is 3.63. The Labute approximate surface area is 178 Å². The maximum absolute atomic E-state index is 13.0. The van der Waals surface area contributed by atoms with Crippen LogP contribution in [0.2, 0.25) is 0 Å². The maximum atomic E-state index is 13.0. The summed E-state index contributed by atoms with van der Waals surface area (Å²) in [5.74, 6) is 3.97. The second kappa shape index (κ2) is 7.44. The van der Waals surface area contributed by atoms with Crippen LogP contribution in [0.1, 0.15) is 71.5 Å². The lowest BCUT2D eigenvalue weighted by Crippen LogP contribution is -2.51. The summed E-state index contributed by atoms with van der Waals surface area (Å²) in [5, 5.41) is 7.28. The molecule has 0 spiro atoms. The van der Waals surface area contributed by atoms with Gasteiger partial charge in [0.15, 0.2) is 5.69 Å². The van der Waals surface area contributed by atoms with E-state index in [0.29, 0.717) is 16.9 Å². The number of hydrogen-bond donors (Lipinski definition) is 1. The van der Waals surface area contributed by atoms with Crippen molar-refractivity contribution in [1.82, 2.24) is 10.5 Å². The highest BCUT2D eigenvalue weighted by Crippen LogP contribution is 2.59. The smallest absolute Gasteiger partial charge is 0.273 e. The van der Waals surface area contributed by atoms with Gasteiger partial charge in [-0.3, -0.25) is 4.79 Å². The fourth-order valence-electron chi connectivity index (χ4n) is 6.61. The molecule has 1 N–H and O–H groups in total. The van der Waals surface area contributed by atoms with Gasteiger partial charge in [0.2, 0.25) is 0 Å². The standard InChI is InChI=1S/C25H32N2O3/c1-15-4-5-16(2)22(6-15)29-13-21-17(3)30-27-23(21)24(28)26-14-25-10-18-7-19(11-25)9-20(8-18)12-25/h4-6,18-20H,7-14H2,1-3H3,(H,26,28). The molecule has 1 aromatic carbocycles. The number of aromatic nitrogens is 1. The molecule has 4 aliphatic carbocycles. The van der Waals surface area contributed by atoms with Crippen LogP contribution in [0, 0.1) is 43.9 Å². The van der Waals surface area contributed by atoms with Crippen LogP contribution in [-0.4, -0.2) is 17.6 Å². The summed E-state index contributed by atoms with van der Waals surface area (Å²) in [5.41, 5.74) is 3.62. The average molecular weight is 409 g/mol. The average Bonchev–Trinajstić information content (AvgIpc) is 3.06. The maximum Gasteiger partial charge on any atom is 0.273 e. The molecular weight excluding hydrogens is 376 g/mol. The number of nitrogens with one attached hydrogen (secondary N) is 1. The lowest BCUT2D eigenvalue weighted by molar-refractivity contribution is -0.0503. The number of benzene rings is 1. The van der Waals surface area contributed by atoms with Crippen LogP contribution in [0.25, 0.3) is 0 Å². The Morgan fingerprint density at radius 2 is 1.80 bits per heavy atom. The molecular formula is C25H32N2O3. The number of amides is 1. The number of carbonyl (C=O) groups excluding carboxylic acids is 1. The van der Waals surface area contributed by atoms with E-state index in [9.17, 15) is 4.79 Å². The topological polar surface area (TPSA) is 64.4 Å². The predicted octanol–water partition coefficient (Wildman–Crippen LogP) is 5.13. The second-order valence-corrected chi connectivity index (χ2v) is 10.2. The molecule has 0 aliphatic heterocycles. The third-order valence-electron chi connectivity index (χ3n) is 7.70. The minimum Gasteiger partial charge on any atom is -0.488 e. The molecule has 1 aromatic heterocycles. The first kappa shape index (κ1) is 19.7. The van der Waals surface area contributed by atoms with Crippen molar-refractivity contribution < 1.29 is 14.1 Å². The highest BCUT2D eigenvalue weighted by atomic mass is 16.5.